The van der Waals surface area contributed by atoms with E-state index in [0.29, 0.717) is 15.8 Å². The summed E-state index contributed by atoms with van der Waals surface area (Å²) in [5, 5.41) is 0. The van der Waals surface area contributed by atoms with Gasteiger partial charge in [0.1, 0.15) is 22.1 Å². The molecule has 0 atom stereocenters. The normalized spacial score (nSPS) is 11.7. The Kier molecular flexibility index (Phi) is 8.39. The monoisotopic (exact) mass is 630 g/mol. The second-order valence-electron chi connectivity index (χ2n) is 9.10. The maximum absolute atomic E-state index is 13.1. The summed E-state index contributed by atoms with van der Waals surface area (Å²) >= 11 is 3.44. The molecule has 0 aliphatic carbocycles. The Hall–Kier alpha value is -3.34. The Bertz CT molecular complexity index is 1690. The minimum atomic E-state index is -4.32. The van der Waals surface area contributed by atoms with E-state index in [2.05, 4.69) is 15.9 Å². The van der Waals surface area contributed by atoms with E-state index in [0.717, 1.165) is 22.3 Å². The first-order chi connectivity index (χ1) is 18.4. The predicted octanol–water partition coefficient (Wildman–Crippen LogP) is 6.80. The van der Waals surface area contributed by atoms with E-state index in [1.165, 1.54) is 36.4 Å². The van der Waals surface area contributed by atoms with Gasteiger partial charge in [0.05, 0.1) is 0 Å². The number of halogens is 1. The molecule has 0 N–H and O–H groups in total. The summed E-state index contributed by atoms with van der Waals surface area (Å²) in [6.07, 6.45) is 0. The third-order valence-corrected chi connectivity index (χ3v) is 9.15. The number of hydrogen-bond acceptors (Lipinski definition) is 7. The number of ether oxygens (including phenoxy) is 1. The third kappa shape index (κ3) is 6.81. The van der Waals surface area contributed by atoms with Gasteiger partial charge in [0.2, 0.25) is 0 Å². The van der Waals surface area contributed by atoms with Gasteiger partial charge in [0.15, 0.2) is 11.5 Å². The smallest absolute Gasteiger partial charge is 0.339 e. The van der Waals surface area contributed by atoms with Gasteiger partial charge in [0.25, 0.3) is 0 Å². The van der Waals surface area contributed by atoms with Crippen LogP contribution in [0.3, 0.4) is 0 Å². The molecule has 4 aromatic carbocycles. The van der Waals surface area contributed by atoms with Gasteiger partial charge in [0, 0.05) is 16.1 Å². The molecule has 0 radical (unpaired) electrons. The third-order valence-electron chi connectivity index (χ3n) is 5.91. The molecule has 0 amide bonds. The second-order valence-corrected chi connectivity index (χ2v) is 13.0. The molecule has 204 valence electrons. The first-order valence-corrected chi connectivity index (χ1v) is 15.5. The second kappa shape index (κ2) is 11.4. The molecule has 7 nitrogen and oxygen atoms in total. The van der Waals surface area contributed by atoms with E-state index in [1.807, 2.05) is 45.9 Å². The fraction of sp³-hybridized carbons (Fsp3) is 0.172. The lowest BCUT2D eigenvalue weighted by Crippen LogP contribution is -2.14. The average Bonchev–Trinajstić information content (AvgIpc) is 2.86. The Morgan fingerprint density at radius 1 is 0.641 bits per heavy atom. The Morgan fingerprint density at radius 3 is 1.54 bits per heavy atom. The Balaban J connectivity index is 1.74. The first kappa shape index (κ1) is 28.7. The molecular weight excluding hydrogens is 604 g/mol. The number of benzene rings is 4. The standard InChI is InChI=1S/C29H27BrO7S2/c1-19-8-12-24(13-9-19)38(31,32)36-27-16-23(18-35-29-21(3)6-5-7-22(29)4)26(30)17-28(27)37-39(33,34)25-14-10-20(2)11-15-25/h5-17H,18H2,1-4H3. The van der Waals surface area contributed by atoms with Crippen LogP contribution in [0.5, 0.6) is 17.2 Å². The largest absolute Gasteiger partial charge is 0.488 e. The van der Waals surface area contributed by atoms with E-state index in [9.17, 15) is 16.8 Å². The van der Waals surface area contributed by atoms with Crippen LogP contribution in [-0.4, -0.2) is 16.8 Å². The van der Waals surface area contributed by atoms with Crippen molar-refractivity contribution in [3.63, 3.8) is 0 Å². The van der Waals surface area contributed by atoms with Gasteiger partial charge in [-0.15, -0.1) is 0 Å². The van der Waals surface area contributed by atoms with Crippen molar-refractivity contribution in [2.45, 2.75) is 44.1 Å². The zero-order chi connectivity index (χ0) is 28.4. The molecule has 0 aromatic heterocycles. The first-order valence-electron chi connectivity index (χ1n) is 11.9. The van der Waals surface area contributed by atoms with Crippen molar-refractivity contribution in [2.75, 3.05) is 0 Å². The minimum Gasteiger partial charge on any atom is -0.488 e. The summed E-state index contributed by atoms with van der Waals surface area (Å²) in [6.45, 7) is 7.56. The van der Waals surface area contributed by atoms with Crippen molar-refractivity contribution < 1.29 is 29.9 Å². The van der Waals surface area contributed by atoms with Crippen molar-refractivity contribution in [2.24, 2.45) is 0 Å². The predicted molar refractivity (Wildman–Crippen MR) is 152 cm³/mol. The van der Waals surface area contributed by atoms with Crippen LogP contribution in [0.4, 0.5) is 0 Å². The van der Waals surface area contributed by atoms with Gasteiger partial charge in [-0.25, -0.2) is 0 Å². The lowest BCUT2D eigenvalue weighted by Gasteiger charge is -2.17. The van der Waals surface area contributed by atoms with Gasteiger partial charge in [-0.2, -0.15) is 16.8 Å². The highest BCUT2D eigenvalue weighted by Gasteiger charge is 2.25. The van der Waals surface area contributed by atoms with Crippen LogP contribution in [0, 0.1) is 27.7 Å². The summed E-state index contributed by atoms with van der Waals surface area (Å²) < 4.78 is 69.7. The SMILES string of the molecule is Cc1ccc(S(=O)(=O)Oc2cc(Br)c(COc3c(C)cccc3C)cc2OS(=O)(=O)c2ccc(C)cc2)cc1. The highest BCUT2D eigenvalue weighted by atomic mass is 79.9. The number of aryl methyl sites for hydroxylation is 4. The molecule has 4 rings (SSSR count). The van der Waals surface area contributed by atoms with E-state index < -0.39 is 20.2 Å². The van der Waals surface area contributed by atoms with E-state index in [4.69, 9.17) is 13.1 Å². The van der Waals surface area contributed by atoms with Gasteiger partial charge in [-0.05, 0) is 69.2 Å². The van der Waals surface area contributed by atoms with Crippen LogP contribution in [0.1, 0.15) is 27.8 Å². The van der Waals surface area contributed by atoms with Crippen LogP contribution >= 0.6 is 15.9 Å². The summed E-state index contributed by atoms with van der Waals surface area (Å²) in [4.78, 5) is -0.171. The minimum absolute atomic E-state index is 0.0538. The van der Waals surface area contributed by atoms with Crippen LogP contribution in [-0.2, 0) is 26.8 Å². The Morgan fingerprint density at radius 2 is 1.08 bits per heavy atom. The van der Waals surface area contributed by atoms with Crippen molar-refractivity contribution in [1.29, 1.82) is 0 Å². The van der Waals surface area contributed by atoms with Crippen LogP contribution in [0.2, 0.25) is 0 Å². The summed E-state index contributed by atoms with van der Waals surface area (Å²) in [5.41, 5.74) is 4.14. The molecule has 0 saturated heterocycles. The molecule has 0 saturated carbocycles. The number of rotatable bonds is 9. The average molecular weight is 632 g/mol. The van der Waals surface area contributed by atoms with Crippen molar-refractivity contribution in [1.82, 2.24) is 0 Å². The molecule has 0 spiro atoms. The fourth-order valence-corrected chi connectivity index (χ4v) is 6.04. The van der Waals surface area contributed by atoms with E-state index in [-0.39, 0.29) is 27.9 Å². The van der Waals surface area contributed by atoms with Gasteiger partial charge >= 0.3 is 20.2 Å². The lowest BCUT2D eigenvalue weighted by molar-refractivity contribution is 0.300. The molecule has 0 aliphatic rings. The molecule has 0 bridgehead atoms. The molecule has 10 heteroatoms. The van der Waals surface area contributed by atoms with Crippen molar-refractivity contribution in [3.8, 4) is 17.2 Å². The van der Waals surface area contributed by atoms with Crippen molar-refractivity contribution >= 4 is 36.2 Å². The highest BCUT2D eigenvalue weighted by molar-refractivity contribution is 9.10. The van der Waals surface area contributed by atoms with E-state index >= 15 is 0 Å². The molecule has 0 aliphatic heterocycles. The van der Waals surface area contributed by atoms with Crippen LogP contribution in [0.25, 0.3) is 0 Å². The van der Waals surface area contributed by atoms with Gasteiger partial charge in [-0.1, -0.05) is 69.5 Å². The lowest BCUT2D eigenvalue weighted by atomic mass is 10.1. The fourth-order valence-electron chi connectivity index (χ4n) is 3.74. The molecule has 4 aromatic rings. The molecule has 0 fully saturated rings. The zero-order valence-electron chi connectivity index (χ0n) is 21.8. The van der Waals surface area contributed by atoms with Crippen LogP contribution < -0.4 is 13.1 Å². The van der Waals surface area contributed by atoms with Gasteiger partial charge in [-0.3, -0.25) is 0 Å². The molecule has 0 unspecified atom stereocenters. The topological polar surface area (TPSA) is 96.0 Å². The highest BCUT2D eigenvalue weighted by Crippen LogP contribution is 2.38. The summed E-state index contributed by atoms with van der Waals surface area (Å²) in [6, 6.07) is 20.7. The van der Waals surface area contributed by atoms with Crippen molar-refractivity contribution in [3.05, 3.63) is 111 Å². The van der Waals surface area contributed by atoms with Crippen LogP contribution in [0.15, 0.2) is 93.1 Å². The quantitative estimate of drug-likeness (QED) is 0.188. The zero-order valence-corrected chi connectivity index (χ0v) is 25.0. The maximum Gasteiger partial charge on any atom is 0.339 e. The Labute approximate surface area is 237 Å². The molecule has 0 heterocycles. The molecular formula is C29H27BrO7S2. The van der Waals surface area contributed by atoms with Gasteiger partial charge < -0.3 is 13.1 Å². The van der Waals surface area contributed by atoms with E-state index in [1.54, 1.807) is 24.3 Å². The maximum atomic E-state index is 13.1. The summed E-state index contributed by atoms with van der Waals surface area (Å²) in [7, 11) is -8.62. The molecule has 39 heavy (non-hydrogen) atoms. The summed E-state index contributed by atoms with van der Waals surface area (Å²) in [5.74, 6) is 0.102. The number of hydrogen-bond donors (Lipinski definition) is 0. The number of para-hydroxylation sites is 1.